The molecule has 0 aliphatic rings. The molecule has 6 N–H and O–H groups in total. The summed E-state index contributed by atoms with van der Waals surface area (Å²) in [6.07, 6.45) is 2.20. The third kappa shape index (κ3) is 8.67. The topological polar surface area (TPSA) is 120 Å². The highest BCUT2D eigenvalue weighted by Crippen LogP contribution is 2.07. The van der Waals surface area contributed by atoms with Crippen molar-refractivity contribution in [1.29, 1.82) is 5.41 Å². The fourth-order valence-electron chi connectivity index (χ4n) is 3.84. The van der Waals surface area contributed by atoms with Gasteiger partial charge in [0.2, 0.25) is 11.8 Å². The second kappa shape index (κ2) is 13.8. The first kappa shape index (κ1) is 26.6. The van der Waals surface area contributed by atoms with Gasteiger partial charge in [-0.2, -0.15) is 0 Å². The average Bonchev–Trinajstić information content (AvgIpc) is 2.90. The molecule has 3 aromatic rings. The van der Waals surface area contributed by atoms with Crippen LogP contribution in [0.4, 0.5) is 0 Å². The zero-order valence-corrected chi connectivity index (χ0v) is 20.7. The monoisotopic (exact) mass is 485 g/mol. The number of amidine groups is 1. The summed E-state index contributed by atoms with van der Waals surface area (Å²) in [4.78, 5) is 25.7. The molecule has 0 fully saturated rings. The zero-order valence-electron chi connectivity index (χ0n) is 20.7. The molecule has 2 atom stereocenters. The first-order valence-corrected chi connectivity index (χ1v) is 12.2. The number of amides is 2. The highest BCUT2D eigenvalue weighted by atomic mass is 16.2. The number of nitrogen functional groups attached to an aromatic ring is 1. The maximum atomic E-state index is 13.1. The first-order valence-electron chi connectivity index (χ1n) is 12.2. The van der Waals surface area contributed by atoms with Crippen LogP contribution in [0.2, 0.25) is 0 Å². The Morgan fingerprint density at radius 3 is 1.97 bits per heavy atom. The molecular weight excluding hydrogens is 450 g/mol. The van der Waals surface area contributed by atoms with Crippen molar-refractivity contribution in [3.05, 3.63) is 107 Å². The van der Waals surface area contributed by atoms with Crippen molar-refractivity contribution in [3.63, 3.8) is 0 Å². The molecule has 0 saturated carbocycles. The molecule has 3 aromatic carbocycles. The Morgan fingerprint density at radius 2 is 1.39 bits per heavy atom. The molecule has 0 saturated heterocycles. The lowest BCUT2D eigenvalue weighted by Gasteiger charge is -2.21. The molecule has 7 heteroatoms. The van der Waals surface area contributed by atoms with Crippen molar-refractivity contribution < 1.29 is 9.59 Å². The van der Waals surface area contributed by atoms with Crippen molar-refractivity contribution in [3.8, 4) is 0 Å². The second-order valence-electron chi connectivity index (χ2n) is 8.83. The number of aryl methyl sites for hydroxylation is 1. The molecule has 0 radical (unpaired) electrons. The zero-order chi connectivity index (χ0) is 25.8. The smallest absolute Gasteiger partial charge is 0.242 e. The van der Waals surface area contributed by atoms with E-state index in [1.54, 1.807) is 19.1 Å². The molecule has 0 heterocycles. The van der Waals surface area contributed by atoms with Gasteiger partial charge >= 0.3 is 0 Å². The molecule has 0 aromatic heterocycles. The van der Waals surface area contributed by atoms with E-state index in [0.29, 0.717) is 25.1 Å². The van der Waals surface area contributed by atoms with Crippen molar-refractivity contribution >= 4 is 17.6 Å². The predicted molar refractivity (Wildman–Crippen MR) is 144 cm³/mol. The quantitative estimate of drug-likeness (QED) is 0.189. The molecule has 7 nitrogen and oxygen atoms in total. The summed E-state index contributed by atoms with van der Waals surface area (Å²) in [6.45, 7) is 2.67. The Balaban J connectivity index is 1.53. The van der Waals surface area contributed by atoms with Crippen molar-refractivity contribution in [2.75, 3.05) is 6.54 Å². The van der Waals surface area contributed by atoms with Crippen LogP contribution in [0, 0.1) is 5.41 Å². The van der Waals surface area contributed by atoms with Gasteiger partial charge in [-0.25, -0.2) is 0 Å². The van der Waals surface area contributed by atoms with Crippen LogP contribution < -0.4 is 21.7 Å². The van der Waals surface area contributed by atoms with Gasteiger partial charge < -0.3 is 21.7 Å². The van der Waals surface area contributed by atoms with E-state index < -0.39 is 12.1 Å². The molecule has 3 rings (SSSR count). The van der Waals surface area contributed by atoms with Gasteiger partial charge in [0.05, 0.1) is 6.04 Å². The Hall–Kier alpha value is -3.97. The standard InChI is InChI=1S/C29H35N5O2/c1-21(28(35)33-20-24-12-15-25(16-13-24)27(30)31)34-29(36)26(17-14-22-8-4-2-5-9-22)32-19-18-23-10-6-3-7-11-23/h2-13,15-16,21,26,32H,14,17-20H2,1H3,(H3,30,31)(H,33,35)(H,34,36)/t21-,26+/m0/s1. The van der Waals surface area contributed by atoms with Crippen LogP contribution in [-0.4, -0.2) is 36.3 Å². The van der Waals surface area contributed by atoms with Crippen LogP contribution in [-0.2, 0) is 29.0 Å². The van der Waals surface area contributed by atoms with Crippen LogP contribution in [0.25, 0.3) is 0 Å². The lowest BCUT2D eigenvalue weighted by molar-refractivity contribution is -0.129. The fourth-order valence-corrected chi connectivity index (χ4v) is 3.84. The van der Waals surface area contributed by atoms with E-state index >= 15 is 0 Å². The number of hydrogen-bond donors (Lipinski definition) is 5. The average molecular weight is 486 g/mol. The van der Waals surface area contributed by atoms with E-state index in [0.717, 1.165) is 18.4 Å². The molecule has 2 amide bonds. The number of nitrogens with one attached hydrogen (secondary N) is 4. The van der Waals surface area contributed by atoms with E-state index in [4.69, 9.17) is 11.1 Å². The van der Waals surface area contributed by atoms with Crippen LogP contribution in [0.3, 0.4) is 0 Å². The number of carbonyl (C=O) groups excluding carboxylic acids is 2. The van der Waals surface area contributed by atoms with Crippen molar-refractivity contribution in [2.24, 2.45) is 5.73 Å². The van der Waals surface area contributed by atoms with Crippen molar-refractivity contribution in [1.82, 2.24) is 16.0 Å². The summed E-state index contributed by atoms with van der Waals surface area (Å²) in [5.41, 5.74) is 9.37. The molecule has 0 aliphatic carbocycles. The van der Waals surface area contributed by atoms with Gasteiger partial charge in [-0.1, -0.05) is 84.9 Å². The van der Waals surface area contributed by atoms with Crippen LogP contribution in [0.1, 0.15) is 35.6 Å². The van der Waals surface area contributed by atoms with E-state index in [-0.39, 0.29) is 17.6 Å². The number of benzene rings is 3. The SMILES string of the molecule is C[C@H](NC(=O)[C@@H](CCc1ccccc1)NCCc1ccccc1)C(=O)NCc1ccc(C(=N)N)cc1. The lowest BCUT2D eigenvalue weighted by Crippen LogP contribution is -2.52. The van der Waals surface area contributed by atoms with E-state index in [1.165, 1.54) is 11.1 Å². The van der Waals surface area contributed by atoms with Gasteiger partial charge in [0, 0.05) is 12.1 Å². The van der Waals surface area contributed by atoms with E-state index in [2.05, 4.69) is 40.2 Å². The summed E-state index contributed by atoms with van der Waals surface area (Å²) in [5, 5.41) is 16.6. The van der Waals surface area contributed by atoms with Gasteiger partial charge in [-0.05, 0) is 49.4 Å². The normalized spacial score (nSPS) is 12.4. The number of rotatable bonds is 13. The maximum Gasteiger partial charge on any atom is 0.242 e. The minimum absolute atomic E-state index is 0.00103. The van der Waals surface area contributed by atoms with E-state index in [1.807, 2.05) is 48.5 Å². The van der Waals surface area contributed by atoms with Gasteiger partial charge in [0.1, 0.15) is 11.9 Å². The fraction of sp³-hybridized carbons (Fsp3) is 0.276. The minimum atomic E-state index is -0.677. The number of hydrogen-bond acceptors (Lipinski definition) is 4. The summed E-state index contributed by atoms with van der Waals surface area (Å²) in [7, 11) is 0. The third-order valence-electron chi connectivity index (χ3n) is 6.01. The lowest BCUT2D eigenvalue weighted by atomic mass is 10.0. The molecule has 36 heavy (non-hydrogen) atoms. The van der Waals surface area contributed by atoms with Gasteiger partial charge in [-0.3, -0.25) is 15.0 Å². The van der Waals surface area contributed by atoms with Gasteiger partial charge in [0.15, 0.2) is 0 Å². The molecule has 188 valence electrons. The Labute approximate surface area is 213 Å². The van der Waals surface area contributed by atoms with Gasteiger partial charge in [-0.15, -0.1) is 0 Å². The Morgan fingerprint density at radius 1 is 0.806 bits per heavy atom. The first-order chi connectivity index (χ1) is 17.4. The van der Waals surface area contributed by atoms with Crippen LogP contribution >= 0.6 is 0 Å². The highest BCUT2D eigenvalue weighted by Gasteiger charge is 2.22. The third-order valence-corrected chi connectivity index (χ3v) is 6.01. The Kier molecular flexibility index (Phi) is 10.2. The molecule has 0 bridgehead atoms. The summed E-state index contributed by atoms with van der Waals surface area (Å²) < 4.78 is 0. The van der Waals surface area contributed by atoms with Gasteiger partial charge in [0.25, 0.3) is 0 Å². The predicted octanol–water partition coefficient (Wildman–Crippen LogP) is 2.93. The Bertz CT molecular complexity index is 1120. The molecule has 0 aliphatic heterocycles. The van der Waals surface area contributed by atoms with Crippen LogP contribution in [0.5, 0.6) is 0 Å². The summed E-state index contributed by atoms with van der Waals surface area (Å²) in [5.74, 6) is -0.446. The molecule has 0 spiro atoms. The minimum Gasteiger partial charge on any atom is -0.384 e. The van der Waals surface area contributed by atoms with Crippen molar-refractivity contribution in [2.45, 2.75) is 44.8 Å². The molecular formula is C29H35N5O2. The number of nitrogens with two attached hydrogens (primary N) is 1. The second-order valence-corrected chi connectivity index (χ2v) is 8.83. The summed E-state index contributed by atoms with van der Waals surface area (Å²) >= 11 is 0. The molecule has 0 unspecified atom stereocenters. The highest BCUT2D eigenvalue weighted by molar-refractivity contribution is 5.95. The summed E-state index contributed by atoms with van der Waals surface area (Å²) in [6, 6.07) is 26.2. The van der Waals surface area contributed by atoms with Crippen LogP contribution in [0.15, 0.2) is 84.9 Å². The maximum absolute atomic E-state index is 13.1. The van der Waals surface area contributed by atoms with E-state index in [9.17, 15) is 9.59 Å². The largest absolute Gasteiger partial charge is 0.384 e. The number of carbonyl (C=O) groups is 2.